The van der Waals surface area contributed by atoms with Gasteiger partial charge in [0, 0.05) is 45.0 Å². The predicted octanol–water partition coefficient (Wildman–Crippen LogP) is 5.21. The minimum Gasteiger partial charge on any atom is -0.458 e. The van der Waals surface area contributed by atoms with Crippen molar-refractivity contribution in [3.8, 4) is 11.4 Å². The number of para-hydroxylation sites is 1. The lowest BCUT2D eigenvalue weighted by Crippen LogP contribution is -2.44. The SMILES string of the molecule is CC[C@@]1(O)C(=O)OCc2c1cc1n(c2=O)Cc2c-1nc1ccccc1c2CC[Si](C)(C)CCCP(=O)(OC)OC. The molecule has 0 saturated heterocycles. The number of pyridine rings is 2. The first kappa shape index (κ1) is 28.9. The van der Waals surface area contributed by atoms with E-state index in [2.05, 4.69) is 19.2 Å². The van der Waals surface area contributed by atoms with Crippen LogP contribution in [0, 0.1) is 0 Å². The zero-order valence-electron chi connectivity index (χ0n) is 23.8. The van der Waals surface area contributed by atoms with Gasteiger partial charge in [-0.25, -0.2) is 9.78 Å². The van der Waals surface area contributed by atoms with Crippen LogP contribution >= 0.6 is 7.60 Å². The Kier molecular flexibility index (Phi) is 7.69. The van der Waals surface area contributed by atoms with Crippen LogP contribution in [0.3, 0.4) is 0 Å². The number of rotatable bonds is 10. The lowest BCUT2D eigenvalue weighted by Gasteiger charge is -2.31. The van der Waals surface area contributed by atoms with Gasteiger partial charge in [-0.1, -0.05) is 50.3 Å². The van der Waals surface area contributed by atoms with E-state index in [9.17, 15) is 19.3 Å². The van der Waals surface area contributed by atoms with Crippen molar-refractivity contribution in [2.75, 3.05) is 20.4 Å². The van der Waals surface area contributed by atoms with Crippen molar-refractivity contribution in [3.63, 3.8) is 0 Å². The van der Waals surface area contributed by atoms with E-state index in [4.69, 9.17) is 18.8 Å². The molecule has 3 aromatic rings. The largest absolute Gasteiger partial charge is 0.458 e. The highest BCUT2D eigenvalue weighted by Crippen LogP contribution is 2.47. The summed E-state index contributed by atoms with van der Waals surface area (Å²) >= 11 is 0. The van der Waals surface area contributed by atoms with Crippen LogP contribution in [0.25, 0.3) is 22.3 Å². The van der Waals surface area contributed by atoms with Gasteiger partial charge in [0.2, 0.25) is 0 Å². The smallest absolute Gasteiger partial charge is 0.343 e. The number of hydrogen-bond acceptors (Lipinski definition) is 8. The van der Waals surface area contributed by atoms with Crippen LogP contribution in [0.4, 0.5) is 0 Å². The van der Waals surface area contributed by atoms with Gasteiger partial charge in [-0.3, -0.25) is 9.36 Å². The highest BCUT2D eigenvalue weighted by atomic mass is 31.2. The molecule has 1 N–H and O–H groups in total. The van der Waals surface area contributed by atoms with Crippen molar-refractivity contribution in [2.24, 2.45) is 0 Å². The molecule has 214 valence electrons. The highest BCUT2D eigenvalue weighted by molar-refractivity contribution is 7.53. The minimum absolute atomic E-state index is 0.106. The predicted molar refractivity (Wildman–Crippen MR) is 156 cm³/mol. The Bertz CT molecular complexity index is 1590. The Morgan fingerprint density at radius 3 is 2.58 bits per heavy atom. The minimum atomic E-state index is -3.02. The van der Waals surface area contributed by atoms with E-state index < -0.39 is 27.2 Å². The standard InChI is InChI=1S/C29H37N2O7PSi/c1-6-29(34)23-16-25-26-21(17-31(25)27(32)22(23)18-38-28(29)33)19(20-10-7-8-11-24(20)30-26)12-15-40(4,5)14-9-13-39(35,36-2)37-3/h7-8,10-11,16,34H,6,9,12-15,17-18H2,1-5H3/t29-/m0/s1. The second-order valence-electron chi connectivity index (χ2n) is 11.5. The third-order valence-corrected chi connectivity index (χ3v) is 13.9. The van der Waals surface area contributed by atoms with Crippen molar-refractivity contribution in [3.05, 3.63) is 62.9 Å². The molecule has 40 heavy (non-hydrogen) atoms. The van der Waals surface area contributed by atoms with E-state index in [1.807, 2.05) is 18.2 Å². The number of carbonyl (C=O) groups excluding carboxylic acids is 1. The number of nitrogens with zero attached hydrogens (tertiary/aromatic N) is 2. The number of ether oxygens (including phenoxy) is 1. The molecule has 0 bridgehead atoms. The highest BCUT2D eigenvalue weighted by Gasteiger charge is 2.45. The van der Waals surface area contributed by atoms with Crippen molar-refractivity contribution >= 4 is 32.5 Å². The molecule has 1 atom stereocenters. The topological polar surface area (TPSA) is 117 Å². The number of aliphatic hydroxyl groups is 1. The molecule has 0 fully saturated rings. The van der Waals surface area contributed by atoms with Crippen molar-refractivity contribution in [1.82, 2.24) is 9.55 Å². The van der Waals surface area contributed by atoms with E-state index >= 15 is 0 Å². The van der Waals surface area contributed by atoms with Gasteiger partial charge in [-0.05, 0) is 37.0 Å². The summed E-state index contributed by atoms with van der Waals surface area (Å²) in [6.07, 6.45) is 2.12. The third-order valence-electron chi connectivity index (χ3n) is 8.61. The van der Waals surface area contributed by atoms with Crippen molar-refractivity contribution in [1.29, 1.82) is 0 Å². The van der Waals surface area contributed by atoms with Crippen LogP contribution in [0.15, 0.2) is 35.1 Å². The van der Waals surface area contributed by atoms with E-state index in [0.717, 1.165) is 47.1 Å². The number of hydrogen-bond donors (Lipinski definition) is 1. The fourth-order valence-electron chi connectivity index (χ4n) is 6.00. The van der Waals surface area contributed by atoms with Gasteiger partial charge < -0.3 is 23.5 Å². The summed E-state index contributed by atoms with van der Waals surface area (Å²) in [5, 5.41) is 12.3. The number of carbonyl (C=O) groups is 1. The Labute approximate surface area is 235 Å². The molecular formula is C29H37N2O7PSi. The van der Waals surface area contributed by atoms with Crippen molar-refractivity contribution in [2.45, 2.75) is 70.1 Å². The van der Waals surface area contributed by atoms with Crippen LogP contribution < -0.4 is 5.56 Å². The zero-order valence-corrected chi connectivity index (χ0v) is 25.7. The lowest BCUT2D eigenvalue weighted by atomic mass is 9.86. The van der Waals surface area contributed by atoms with Gasteiger partial charge >= 0.3 is 13.6 Å². The van der Waals surface area contributed by atoms with Crippen LogP contribution in [-0.2, 0) is 48.3 Å². The van der Waals surface area contributed by atoms with Gasteiger partial charge in [-0.2, -0.15) is 0 Å². The van der Waals surface area contributed by atoms with Gasteiger partial charge in [0.05, 0.1) is 29.0 Å². The lowest BCUT2D eigenvalue weighted by molar-refractivity contribution is -0.172. The molecule has 9 nitrogen and oxygen atoms in total. The van der Waals surface area contributed by atoms with Crippen LogP contribution in [0.5, 0.6) is 0 Å². The first-order valence-electron chi connectivity index (χ1n) is 13.7. The molecular weight excluding hydrogens is 547 g/mol. The average Bonchev–Trinajstić information content (AvgIpc) is 3.31. The number of benzene rings is 1. The van der Waals surface area contributed by atoms with Crippen LogP contribution in [0.2, 0.25) is 25.2 Å². The molecule has 0 unspecified atom stereocenters. The quantitative estimate of drug-likeness (QED) is 0.153. The van der Waals surface area contributed by atoms with E-state index in [1.54, 1.807) is 17.6 Å². The average molecular weight is 585 g/mol. The first-order valence-corrected chi connectivity index (χ1v) is 18.9. The second kappa shape index (κ2) is 10.7. The molecule has 11 heteroatoms. The molecule has 2 aromatic heterocycles. The maximum absolute atomic E-state index is 13.7. The molecule has 0 amide bonds. The second-order valence-corrected chi connectivity index (χ2v) is 19.2. The fourth-order valence-corrected chi connectivity index (χ4v) is 9.66. The van der Waals surface area contributed by atoms with E-state index in [1.165, 1.54) is 19.8 Å². The molecule has 0 radical (unpaired) electrons. The molecule has 0 spiro atoms. The summed E-state index contributed by atoms with van der Waals surface area (Å²) in [6, 6.07) is 11.8. The van der Waals surface area contributed by atoms with E-state index in [-0.39, 0.29) is 18.6 Å². The number of esters is 1. The molecule has 4 heterocycles. The fraction of sp³-hybridized carbons (Fsp3) is 0.483. The number of aromatic nitrogens is 2. The van der Waals surface area contributed by atoms with Gasteiger partial charge in [0.15, 0.2) is 5.60 Å². The Balaban J connectivity index is 1.52. The Hall–Kier alpha value is -2.62. The summed E-state index contributed by atoms with van der Waals surface area (Å²) < 4.78 is 29.6. The summed E-state index contributed by atoms with van der Waals surface area (Å²) in [4.78, 5) is 31.1. The monoisotopic (exact) mass is 584 g/mol. The van der Waals surface area contributed by atoms with Crippen molar-refractivity contribution < 1.29 is 28.3 Å². The molecule has 0 saturated carbocycles. The summed E-state index contributed by atoms with van der Waals surface area (Å²) in [6.45, 7) is 6.63. The number of cyclic esters (lactones) is 1. The van der Waals surface area contributed by atoms with Crippen LogP contribution in [0.1, 0.15) is 42.0 Å². The molecule has 5 rings (SSSR count). The Morgan fingerprint density at radius 2 is 1.88 bits per heavy atom. The van der Waals surface area contributed by atoms with Gasteiger partial charge in [-0.15, -0.1) is 0 Å². The molecule has 0 aliphatic carbocycles. The van der Waals surface area contributed by atoms with Gasteiger partial charge in [0.25, 0.3) is 5.56 Å². The van der Waals surface area contributed by atoms with Gasteiger partial charge in [0.1, 0.15) is 6.61 Å². The van der Waals surface area contributed by atoms with Crippen LogP contribution in [-0.4, -0.2) is 49.1 Å². The number of aryl methyl sites for hydroxylation is 1. The molecule has 2 aliphatic rings. The summed E-state index contributed by atoms with van der Waals surface area (Å²) in [5.74, 6) is -0.725. The Morgan fingerprint density at radius 1 is 1.15 bits per heavy atom. The number of fused-ring (bicyclic) bond motifs is 5. The maximum Gasteiger partial charge on any atom is 0.343 e. The molecule has 2 aliphatic heterocycles. The molecule has 1 aromatic carbocycles. The van der Waals surface area contributed by atoms with E-state index in [0.29, 0.717) is 29.5 Å². The zero-order chi connectivity index (χ0) is 28.9. The maximum atomic E-state index is 13.7. The summed E-state index contributed by atoms with van der Waals surface area (Å²) in [5.41, 5.74) is 2.93. The normalized spacial score (nSPS) is 18.4. The first-order chi connectivity index (χ1) is 19.0. The summed E-state index contributed by atoms with van der Waals surface area (Å²) in [7, 11) is -1.85. The third kappa shape index (κ3) is 4.90.